The van der Waals surface area contributed by atoms with Gasteiger partial charge in [0.05, 0.1) is 21.7 Å². The van der Waals surface area contributed by atoms with Crippen LogP contribution in [0.5, 0.6) is 0 Å². The smallest absolute Gasteiger partial charge is 0.380 e. The number of nitrogens with one attached hydrogen (secondary N) is 1. The molecule has 0 bridgehead atoms. The van der Waals surface area contributed by atoms with Crippen molar-refractivity contribution in [3.8, 4) is 0 Å². The number of pyridine rings is 1. The number of rotatable bonds is 0. The molecule has 0 saturated heterocycles. The van der Waals surface area contributed by atoms with Crippen LogP contribution in [0.1, 0.15) is 11.1 Å². The molecule has 0 radical (unpaired) electrons. The lowest BCUT2D eigenvalue weighted by Gasteiger charge is -2.10. The van der Waals surface area contributed by atoms with Gasteiger partial charge in [-0.15, -0.1) is 0 Å². The van der Waals surface area contributed by atoms with Gasteiger partial charge >= 0.3 is 11.3 Å². The number of para-hydroxylation sites is 1. The monoisotopic (exact) mass is 399 g/mol. The average molecular weight is 399 g/mol. The van der Waals surface area contributed by atoms with Crippen molar-refractivity contribution in [2.45, 2.75) is 13.8 Å². The van der Waals surface area contributed by atoms with E-state index < -0.39 is 16.8 Å². The van der Waals surface area contributed by atoms with Crippen LogP contribution in [-0.2, 0) is 0 Å². The number of hydrogen-bond acceptors (Lipinski definition) is 6. The van der Waals surface area contributed by atoms with Crippen LogP contribution >= 0.6 is 0 Å². The van der Waals surface area contributed by atoms with E-state index in [0.717, 1.165) is 0 Å². The molecule has 30 heavy (non-hydrogen) atoms. The highest BCUT2D eigenvalue weighted by Crippen LogP contribution is 2.37. The van der Waals surface area contributed by atoms with Crippen LogP contribution in [0.3, 0.4) is 0 Å². The summed E-state index contributed by atoms with van der Waals surface area (Å²) in [7, 11) is 0. The Hall–Kier alpha value is -4.13. The van der Waals surface area contributed by atoms with Crippen LogP contribution in [-0.4, -0.2) is 4.98 Å². The van der Waals surface area contributed by atoms with Gasteiger partial charge in [-0.2, -0.15) is 0 Å². The number of aromatic amines is 1. The van der Waals surface area contributed by atoms with E-state index in [4.69, 9.17) is 13.3 Å². The first-order valence-electron chi connectivity index (χ1n) is 9.32. The number of hydrogen-bond donors (Lipinski definition) is 1. The van der Waals surface area contributed by atoms with Gasteiger partial charge in [0.25, 0.3) is 5.56 Å². The zero-order valence-electron chi connectivity index (χ0n) is 15.9. The molecule has 7 nitrogen and oxygen atoms in total. The lowest BCUT2D eigenvalue weighted by Crippen LogP contribution is -2.11. The molecule has 146 valence electrons. The Morgan fingerprint density at radius 3 is 2.37 bits per heavy atom. The summed E-state index contributed by atoms with van der Waals surface area (Å²) in [6.45, 7) is 3.56. The van der Waals surface area contributed by atoms with Crippen LogP contribution in [0.15, 0.2) is 64.0 Å². The van der Waals surface area contributed by atoms with E-state index in [1.807, 2.05) is 6.07 Å². The maximum Gasteiger partial charge on any atom is 0.380 e. The highest BCUT2D eigenvalue weighted by Gasteiger charge is 2.22. The Bertz CT molecular complexity index is 1880. The first-order chi connectivity index (χ1) is 14.4. The van der Waals surface area contributed by atoms with Crippen molar-refractivity contribution in [2.24, 2.45) is 0 Å². The maximum atomic E-state index is 13.2. The Morgan fingerprint density at radius 1 is 0.733 bits per heavy atom. The summed E-state index contributed by atoms with van der Waals surface area (Å²) in [5.74, 6) is 0. The van der Waals surface area contributed by atoms with Gasteiger partial charge in [0, 0.05) is 16.8 Å². The summed E-state index contributed by atoms with van der Waals surface area (Å²) >= 11 is 0. The largest absolute Gasteiger partial charge is 0.448 e. The molecule has 2 aromatic carbocycles. The van der Waals surface area contributed by atoms with Crippen molar-refractivity contribution in [1.29, 1.82) is 0 Å². The van der Waals surface area contributed by atoms with Crippen LogP contribution < -0.4 is 16.8 Å². The second-order valence-corrected chi connectivity index (χ2v) is 7.42. The Morgan fingerprint density at radius 2 is 1.53 bits per heavy atom. The van der Waals surface area contributed by atoms with Crippen molar-refractivity contribution in [3.05, 3.63) is 78.7 Å². The molecule has 0 spiro atoms. The van der Waals surface area contributed by atoms with Crippen molar-refractivity contribution < 1.29 is 13.3 Å². The van der Waals surface area contributed by atoms with Crippen LogP contribution in [0.2, 0.25) is 0 Å². The lowest BCUT2D eigenvalue weighted by molar-refractivity contribution is 0.545. The molecule has 6 aromatic rings. The highest BCUT2D eigenvalue weighted by atomic mass is 16.4. The summed E-state index contributed by atoms with van der Waals surface area (Å²) < 4.78 is 16.7. The molecule has 0 aliphatic carbocycles. The quantitative estimate of drug-likeness (QED) is 0.302. The van der Waals surface area contributed by atoms with Crippen molar-refractivity contribution in [1.82, 2.24) is 4.98 Å². The first-order valence-corrected chi connectivity index (χ1v) is 9.32. The summed E-state index contributed by atoms with van der Waals surface area (Å²) in [5.41, 5.74) is 1.30. The minimum Gasteiger partial charge on any atom is -0.448 e. The van der Waals surface area contributed by atoms with Crippen molar-refractivity contribution >= 4 is 54.8 Å². The Kier molecular flexibility index (Phi) is 3.06. The van der Waals surface area contributed by atoms with E-state index in [1.165, 1.54) is 6.07 Å². The van der Waals surface area contributed by atoms with E-state index in [2.05, 4.69) is 4.98 Å². The SMILES string of the molecule is Cc1cc2oc(=O)cc(C)c2c2c1[nH]c(=O)c1c2oc(=O)c2oc3ccccc3c21. The molecule has 4 heterocycles. The standard InChI is InChI=1S/C23H13NO6/c1-9-8-14(25)28-13-7-10(2)19-17(15(9)13)20-18(22(26)24-19)16-11-5-3-4-6-12(11)29-21(16)23(27)30-20/h3-8H,1-2H3,(H,24,26). The summed E-state index contributed by atoms with van der Waals surface area (Å²) in [5, 5.41) is 2.40. The molecular weight excluding hydrogens is 386 g/mol. The molecule has 4 aromatic heterocycles. The number of aryl methyl sites for hydroxylation is 2. The maximum absolute atomic E-state index is 13.2. The van der Waals surface area contributed by atoms with Gasteiger partial charge in [0.15, 0.2) is 5.58 Å². The van der Waals surface area contributed by atoms with Gasteiger partial charge < -0.3 is 18.2 Å². The molecule has 1 N–H and O–H groups in total. The summed E-state index contributed by atoms with van der Waals surface area (Å²) in [4.78, 5) is 40.8. The van der Waals surface area contributed by atoms with Crippen molar-refractivity contribution in [3.63, 3.8) is 0 Å². The fourth-order valence-corrected chi connectivity index (χ4v) is 4.34. The molecular formula is C23H13NO6. The zero-order chi connectivity index (χ0) is 20.7. The third kappa shape index (κ3) is 2.01. The van der Waals surface area contributed by atoms with E-state index >= 15 is 0 Å². The molecule has 0 aliphatic rings. The third-order valence-electron chi connectivity index (χ3n) is 5.57. The van der Waals surface area contributed by atoms with Gasteiger partial charge in [-0.05, 0) is 37.1 Å². The predicted octanol–water partition coefficient (Wildman–Crippen LogP) is 4.26. The average Bonchev–Trinajstić information content (AvgIpc) is 3.08. The molecule has 0 atom stereocenters. The normalized spacial score (nSPS) is 12.1. The molecule has 6 rings (SSSR count). The molecule has 0 aliphatic heterocycles. The first kappa shape index (κ1) is 16.8. The van der Waals surface area contributed by atoms with Gasteiger partial charge in [0.1, 0.15) is 11.2 Å². The van der Waals surface area contributed by atoms with Crippen LogP contribution in [0, 0.1) is 13.8 Å². The van der Waals surface area contributed by atoms with Crippen molar-refractivity contribution in [2.75, 3.05) is 0 Å². The second kappa shape index (κ2) is 5.48. The van der Waals surface area contributed by atoms with E-state index in [0.29, 0.717) is 49.4 Å². The fourth-order valence-electron chi connectivity index (χ4n) is 4.34. The van der Waals surface area contributed by atoms with Crippen LogP contribution in [0.25, 0.3) is 54.8 Å². The summed E-state index contributed by atoms with van der Waals surface area (Å²) in [6.07, 6.45) is 0. The second-order valence-electron chi connectivity index (χ2n) is 7.42. The molecule has 0 amide bonds. The Labute approximate surface area is 166 Å². The van der Waals surface area contributed by atoms with Gasteiger partial charge in [-0.25, -0.2) is 9.59 Å². The third-order valence-corrected chi connectivity index (χ3v) is 5.57. The molecule has 0 saturated carbocycles. The minimum absolute atomic E-state index is 0.00578. The molecule has 0 unspecified atom stereocenters. The minimum atomic E-state index is -0.676. The predicted molar refractivity (Wildman–Crippen MR) is 113 cm³/mol. The number of fused-ring (bicyclic) bond motifs is 9. The fraction of sp³-hybridized carbons (Fsp3) is 0.0870. The number of aromatic nitrogens is 1. The number of H-pyrrole nitrogens is 1. The van der Waals surface area contributed by atoms with E-state index in [9.17, 15) is 14.4 Å². The topological polar surface area (TPSA) is 106 Å². The molecule has 0 fully saturated rings. The summed E-state index contributed by atoms with van der Waals surface area (Å²) in [6, 6.07) is 10.2. The highest BCUT2D eigenvalue weighted by molar-refractivity contribution is 6.25. The molecule has 7 heteroatoms. The zero-order valence-corrected chi connectivity index (χ0v) is 15.9. The van der Waals surface area contributed by atoms with Gasteiger partial charge in [0.2, 0.25) is 5.58 Å². The lowest BCUT2D eigenvalue weighted by atomic mass is 9.99. The van der Waals surface area contributed by atoms with E-state index in [1.54, 1.807) is 38.1 Å². The van der Waals surface area contributed by atoms with Gasteiger partial charge in [-0.1, -0.05) is 18.2 Å². The Balaban J connectivity index is 2.05. The van der Waals surface area contributed by atoms with Crippen LogP contribution in [0.4, 0.5) is 0 Å². The van der Waals surface area contributed by atoms with Gasteiger partial charge in [-0.3, -0.25) is 4.79 Å². The number of benzene rings is 2. The van der Waals surface area contributed by atoms with E-state index in [-0.39, 0.29) is 16.6 Å². The number of furan rings is 1.